The maximum atomic E-state index is 11.6. The second-order valence-electron chi connectivity index (χ2n) is 4.05. The van der Waals surface area contributed by atoms with Crippen LogP contribution in [0.3, 0.4) is 0 Å². The van der Waals surface area contributed by atoms with E-state index in [2.05, 4.69) is 21.0 Å². The molecular weight excluding hydrogens is 293 g/mol. The number of aryl methyl sites for hydroxylation is 1. The predicted octanol–water partition coefficient (Wildman–Crippen LogP) is 1.71. The Hall–Kier alpha value is -0.360. The van der Waals surface area contributed by atoms with Gasteiger partial charge < -0.3 is 10.6 Å². The van der Waals surface area contributed by atoms with Crippen molar-refractivity contribution in [1.82, 2.24) is 15.6 Å². The second-order valence-corrected chi connectivity index (χ2v) is 5.11. The van der Waals surface area contributed by atoms with Crippen LogP contribution in [-0.2, 0) is 11.2 Å². The van der Waals surface area contributed by atoms with Crippen LogP contribution in [-0.4, -0.2) is 30.0 Å². The van der Waals surface area contributed by atoms with Gasteiger partial charge in [-0.3, -0.25) is 4.79 Å². The molecule has 4 nitrogen and oxygen atoms in total. The number of hydrogen-bond acceptors (Lipinski definition) is 4. The third kappa shape index (κ3) is 5.10. The third-order valence-electron chi connectivity index (χ3n) is 2.72. The Labute approximate surface area is 124 Å². The van der Waals surface area contributed by atoms with E-state index in [9.17, 15) is 4.79 Å². The Kier molecular flexibility index (Phi) is 8.52. The zero-order chi connectivity index (χ0) is 11.4. The fraction of sp³-hybridized carbons (Fsp3) is 0.636. The Morgan fingerprint density at radius 2 is 2.39 bits per heavy atom. The van der Waals surface area contributed by atoms with Crippen molar-refractivity contribution < 1.29 is 4.79 Å². The molecule has 0 bridgehead atoms. The van der Waals surface area contributed by atoms with Crippen LogP contribution in [0.4, 0.5) is 0 Å². The highest BCUT2D eigenvalue weighted by Gasteiger charge is 2.21. The average Bonchev–Trinajstić information content (AvgIpc) is 2.89. The van der Waals surface area contributed by atoms with Gasteiger partial charge >= 0.3 is 0 Å². The minimum atomic E-state index is 0. The van der Waals surface area contributed by atoms with Crippen LogP contribution in [0.2, 0.25) is 0 Å². The van der Waals surface area contributed by atoms with Crippen molar-refractivity contribution >= 4 is 42.1 Å². The summed E-state index contributed by atoms with van der Waals surface area (Å²) in [7, 11) is 0. The lowest BCUT2D eigenvalue weighted by Gasteiger charge is -2.10. The molecule has 18 heavy (non-hydrogen) atoms. The first-order valence-corrected chi connectivity index (χ1v) is 6.56. The topological polar surface area (TPSA) is 54.0 Å². The van der Waals surface area contributed by atoms with E-state index in [0.717, 1.165) is 36.5 Å². The van der Waals surface area contributed by atoms with Gasteiger partial charge in [0.1, 0.15) is 0 Å². The number of halogens is 2. The van der Waals surface area contributed by atoms with Crippen LogP contribution in [0.5, 0.6) is 0 Å². The van der Waals surface area contributed by atoms with Gasteiger partial charge in [0.25, 0.3) is 0 Å². The summed E-state index contributed by atoms with van der Waals surface area (Å²) in [6.45, 7) is 3.64. The number of hydrogen-bond donors (Lipinski definition) is 2. The summed E-state index contributed by atoms with van der Waals surface area (Å²) >= 11 is 1.65. The zero-order valence-electron chi connectivity index (χ0n) is 10.3. The van der Waals surface area contributed by atoms with Gasteiger partial charge in [-0.15, -0.1) is 36.2 Å². The summed E-state index contributed by atoms with van der Waals surface area (Å²) in [6.07, 6.45) is 2.88. The Morgan fingerprint density at radius 1 is 1.61 bits per heavy atom. The normalized spacial score (nSPS) is 17.7. The summed E-state index contributed by atoms with van der Waals surface area (Å²) in [6, 6.07) is 0.0252. The van der Waals surface area contributed by atoms with Crippen LogP contribution in [0.25, 0.3) is 0 Å². The molecular formula is C11H19Cl2N3OS. The average molecular weight is 312 g/mol. The SMILES string of the molecule is Cc1nc(CCNC(=O)C2CCCN2)cs1.Cl.Cl. The molecule has 1 aliphatic heterocycles. The number of amides is 1. The molecule has 1 aliphatic rings. The quantitative estimate of drug-likeness (QED) is 0.890. The molecule has 104 valence electrons. The van der Waals surface area contributed by atoms with Gasteiger partial charge in [-0.05, 0) is 26.3 Å². The Bertz CT molecular complexity index is 367. The third-order valence-corrected chi connectivity index (χ3v) is 3.55. The van der Waals surface area contributed by atoms with Crippen LogP contribution < -0.4 is 10.6 Å². The van der Waals surface area contributed by atoms with Crippen molar-refractivity contribution in [2.75, 3.05) is 13.1 Å². The van der Waals surface area contributed by atoms with Crippen LogP contribution in [0, 0.1) is 6.92 Å². The van der Waals surface area contributed by atoms with E-state index in [1.807, 2.05) is 6.92 Å². The standard InChI is InChI=1S/C11H17N3OS.2ClH/c1-8-14-9(7-16-8)4-6-13-11(15)10-3-2-5-12-10;;/h7,10,12H,2-6H2,1H3,(H,13,15);2*1H. The van der Waals surface area contributed by atoms with Crippen molar-refractivity contribution in [3.8, 4) is 0 Å². The van der Waals surface area contributed by atoms with Crippen LogP contribution in [0.1, 0.15) is 23.5 Å². The lowest BCUT2D eigenvalue weighted by atomic mass is 10.2. The fourth-order valence-corrected chi connectivity index (χ4v) is 2.52. The molecule has 0 saturated carbocycles. The molecule has 2 rings (SSSR count). The predicted molar refractivity (Wildman–Crippen MR) is 79.1 cm³/mol. The van der Waals surface area contributed by atoms with E-state index in [1.165, 1.54) is 0 Å². The number of nitrogens with zero attached hydrogens (tertiary/aromatic N) is 1. The van der Waals surface area contributed by atoms with Crippen molar-refractivity contribution in [2.24, 2.45) is 0 Å². The van der Waals surface area contributed by atoms with Crippen molar-refractivity contribution in [3.63, 3.8) is 0 Å². The number of carbonyl (C=O) groups excluding carboxylic acids is 1. The van der Waals surface area contributed by atoms with Crippen LogP contribution >= 0.6 is 36.2 Å². The summed E-state index contributed by atoms with van der Waals surface area (Å²) in [5, 5.41) is 9.26. The smallest absolute Gasteiger partial charge is 0.237 e. The first kappa shape index (κ1) is 17.6. The van der Waals surface area contributed by atoms with E-state index >= 15 is 0 Å². The second kappa shape index (κ2) is 8.69. The van der Waals surface area contributed by atoms with Crippen molar-refractivity contribution in [3.05, 3.63) is 16.1 Å². The number of nitrogens with one attached hydrogen (secondary N) is 2. The van der Waals surface area contributed by atoms with Gasteiger partial charge in [0.15, 0.2) is 0 Å². The molecule has 0 aromatic carbocycles. The van der Waals surface area contributed by atoms with Gasteiger partial charge in [-0.2, -0.15) is 0 Å². The first-order chi connectivity index (χ1) is 7.75. The van der Waals surface area contributed by atoms with Crippen LogP contribution in [0.15, 0.2) is 5.38 Å². The lowest BCUT2D eigenvalue weighted by Crippen LogP contribution is -2.41. The molecule has 1 unspecified atom stereocenters. The van der Waals surface area contributed by atoms with Gasteiger partial charge in [0, 0.05) is 18.3 Å². The lowest BCUT2D eigenvalue weighted by molar-refractivity contribution is -0.122. The fourth-order valence-electron chi connectivity index (χ4n) is 1.87. The summed E-state index contributed by atoms with van der Waals surface area (Å²) in [5.41, 5.74) is 1.07. The summed E-state index contributed by atoms with van der Waals surface area (Å²) in [4.78, 5) is 16.0. The Balaban J connectivity index is 0.00000144. The van der Waals surface area contributed by atoms with Gasteiger partial charge in [0.2, 0.25) is 5.91 Å². The van der Waals surface area contributed by atoms with Gasteiger partial charge in [-0.1, -0.05) is 0 Å². The summed E-state index contributed by atoms with van der Waals surface area (Å²) < 4.78 is 0. The maximum Gasteiger partial charge on any atom is 0.237 e. The molecule has 1 aromatic heterocycles. The van der Waals surface area contributed by atoms with E-state index in [1.54, 1.807) is 11.3 Å². The first-order valence-electron chi connectivity index (χ1n) is 5.68. The number of carbonyl (C=O) groups is 1. The monoisotopic (exact) mass is 311 g/mol. The van der Waals surface area contributed by atoms with E-state index in [-0.39, 0.29) is 36.8 Å². The highest BCUT2D eigenvalue weighted by Crippen LogP contribution is 2.08. The molecule has 0 spiro atoms. The molecule has 1 aromatic rings. The Morgan fingerprint density at radius 3 is 2.94 bits per heavy atom. The number of thiazole rings is 1. The van der Waals surface area contributed by atoms with E-state index in [0.29, 0.717) is 6.54 Å². The number of rotatable bonds is 4. The molecule has 0 aliphatic carbocycles. The van der Waals surface area contributed by atoms with E-state index < -0.39 is 0 Å². The van der Waals surface area contributed by atoms with E-state index in [4.69, 9.17) is 0 Å². The maximum absolute atomic E-state index is 11.6. The minimum Gasteiger partial charge on any atom is -0.354 e. The van der Waals surface area contributed by atoms with Crippen molar-refractivity contribution in [1.29, 1.82) is 0 Å². The highest BCUT2D eigenvalue weighted by atomic mass is 35.5. The molecule has 1 atom stereocenters. The molecule has 2 heterocycles. The largest absolute Gasteiger partial charge is 0.354 e. The molecule has 2 N–H and O–H groups in total. The zero-order valence-corrected chi connectivity index (χ0v) is 12.7. The molecule has 0 radical (unpaired) electrons. The molecule has 1 amide bonds. The summed E-state index contributed by atoms with van der Waals surface area (Å²) in [5.74, 6) is 0.129. The molecule has 1 fully saturated rings. The van der Waals surface area contributed by atoms with Gasteiger partial charge in [0.05, 0.1) is 16.7 Å². The van der Waals surface area contributed by atoms with Gasteiger partial charge in [-0.25, -0.2) is 4.98 Å². The number of aromatic nitrogens is 1. The van der Waals surface area contributed by atoms with Crippen molar-refractivity contribution in [2.45, 2.75) is 32.2 Å². The highest BCUT2D eigenvalue weighted by molar-refractivity contribution is 7.09. The molecule has 7 heteroatoms. The minimum absolute atomic E-state index is 0. The molecule has 1 saturated heterocycles.